The number of fused-ring (bicyclic) bond motifs is 2. The van der Waals surface area contributed by atoms with Crippen LogP contribution in [0.25, 0.3) is 43.8 Å². The van der Waals surface area contributed by atoms with Gasteiger partial charge in [0.15, 0.2) is 23.0 Å². The Hall–Kier alpha value is -5.01. The predicted octanol–water partition coefficient (Wildman–Crippen LogP) is 6.98. The van der Waals surface area contributed by atoms with Crippen LogP contribution in [0.15, 0.2) is 119 Å². The number of benzene rings is 6. The summed E-state index contributed by atoms with van der Waals surface area (Å²) in [6, 6.07) is 29.7. The number of rotatable bonds is 4. The minimum Gasteiger partial charge on any atom is -0.504 e. The van der Waals surface area contributed by atoms with Crippen LogP contribution in [0.5, 0.6) is 23.0 Å². The fraction of sp³-hybridized carbons (Fsp3) is 0. The summed E-state index contributed by atoms with van der Waals surface area (Å²) >= 11 is 0. The second-order valence-electron chi connectivity index (χ2n) is 9.23. The molecule has 192 valence electrons. The van der Waals surface area contributed by atoms with Crippen LogP contribution in [-0.4, -0.2) is 28.8 Å². The standard InChI is InChI=1S/C32H22O6S/c33-25-13-9-21(17-27(25)35)31-23-7-3-1-5-19(23)11-15-29(31)39(37,38)30-16-12-20-6-2-4-8-24(20)32(30)22-10-14-26(34)28(36)18-22/h1-18,33-36H. The molecule has 0 bridgehead atoms. The first kappa shape index (κ1) is 24.3. The first-order chi connectivity index (χ1) is 18.8. The summed E-state index contributed by atoms with van der Waals surface area (Å²) in [7, 11) is -4.21. The molecule has 6 aromatic carbocycles. The highest BCUT2D eigenvalue weighted by molar-refractivity contribution is 7.91. The number of phenolic OH excluding ortho intramolecular Hbond substituents is 4. The van der Waals surface area contributed by atoms with Gasteiger partial charge >= 0.3 is 0 Å². The molecule has 0 saturated carbocycles. The lowest BCUT2D eigenvalue weighted by Crippen LogP contribution is -2.07. The third-order valence-electron chi connectivity index (χ3n) is 6.89. The van der Waals surface area contributed by atoms with Gasteiger partial charge in [0.25, 0.3) is 0 Å². The van der Waals surface area contributed by atoms with E-state index in [4.69, 9.17) is 0 Å². The van der Waals surface area contributed by atoms with E-state index in [1.165, 1.54) is 24.3 Å². The highest BCUT2D eigenvalue weighted by Gasteiger charge is 2.28. The average Bonchev–Trinajstić information content (AvgIpc) is 2.94. The Kier molecular flexibility index (Phi) is 5.66. The largest absolute Gasteiger partial charge is 0.504 e. The van der Waals surface area contributed by atoms with E-state index in [-0.39, 0.29) is 32.8 Å². The van der Waals surface area contributed by atoms with E-state index < -0.39 is 9.84 Å². The molecule has 0 aliphatic carbocycles. The molecule has 0 aromatic heterocycles. The second-order valence-corrected chi connectivity index (χ2v) is 11.1. The summed E-state index contributed by atoms with van der Waals surface area (Å²) in [6.07, 6.45) is 0. The number of aromatic hydroxyl groups is 4. The predicted molar refractivity (Wildman–Crippen MR) is 151 cm³/mol. The molecular weight excluding hydrogens is 512 g/mol. The van der Waals surface area contributed by atoms with E-state index >= 15 is 0 Å². The van der Waals surface area contributed by atoms with Gasteiger partial charge in [-0.2, -0.15) is 0 Å². The second kappa shape index (κ2) is 9.08. The minimum atomic E-state index is -4.21. The highest BCUT2D eigenvalue weighted by atomic mass is 32.2. The van der Waals surface area contributed by atoms with Gasteiger partial charge in [0.1, 0.15) is 0 Å². The Morgan fingerprint density at radius 3 is 1.26 bits per heavy atom. The molecule has 0 atom stereocenters. The highest BCUT2D eigenvalue weighted by Crippen LogP contribution is 2.44. The van der Waals surface area contributed by atoms with E-state index in [9.17, 15) is 28.8 Å². The molecule has 0 fully saturated rings. The van der Waals surface area contributed by atoms with Gasteiger partial charge in [-0.3, -0.25) is 0 Å². The quantitative estimate of drug-likeness (QED) is 0.181. The minimum absolute atomic E-state index is 0.0193. The zero-order valence-electron chi connectivity index (χ0n) is 20.4. The zero-order valence-corrected chi connectivity index (χ0v) is 21.2. The molecular formula is C32H22O6S. The first-order valence-electron chi connectivity index (χ1n) is 12.1. The molecule has 0 aliphatic rings. The molecule has 0 spiro atoms. The molecule has 0 heterocycles. The number of phenols is 4. The molecule has 4 N–H and O–H groups in total. The Labute approximate surface area is 224 Å². The van der Waals surface area contributed by atoms with Crippen molar-refractivity contribution in [2.75, 3.05) is 0 Å². The van der Waals surface area contributed by atoms with Crippen LogP contribution >= 0.6 is 0 Å². The van der Waals surface area contributed by atoms with Gasteiger partial charge in [-0.1, -0.05) is 72.8 Å². The van der Waals surface area contributed by atoms with Gasteiger partial charge in [-0.15, -0.1) is 0 Å². The van der Waals surface area contributed by atoms with Crippen LogP contribution < -0.4 is 0 Å². The average molecular weight is 535 g/mol. The van der Waals surface area contributed by atoms with Crippen LogP contribution in [0.4, 0.5) is 0 Å². The summed E-state index contributed by atoms with van der Waals surface area (Å²) in [5.41, 5.74) is 1.61. The number of hydrogen-bond acceptors (Lipinski definition) is 6. The Morgan fingerprint density at radius 1 is 0.436 bits per heavy atom. The van der Waals surface area contributed by atoms with E-state index in [2.05, 4.69) is 0 Å². The van der Waals surface area contributed by atoms with Crippen LogP contribution in [-0.2, 0) is 9.84 Å². The molecule has 6 aromatic rings. The lowest BCUT2D eigenvalue weighted by atomic mass is 9.97. The maximum atomic E-state index is 14.6. The molecule has 0 radical (unpaired) electrons. The van der Waals surface area contributed by atoms with Crippen molar-refractivity contribution in [1.29, 1.82) is 0 Å². The molecule has 0 saturated heterocycles. The van der Waals surface area contributed by atoms with E-state index in [1.807, 2.05) is 48.5 Å². The van der Waals surface area contributed by atoms with Crippen molar-refractivity contribution in [3.05, 3.63) is 109 Å². The molecule has 6 rings (SSSR count). The smallest absolute Gasteiger partial charge is 0.207 e. The molecule has 0 unspecified atom stereocenters. The Morgan fingerprint density at radius 2 is 0.846 bits per heavy atom. The third kappa shape index (κ3) is 4.00. The van der Waals surface area contributed by atoms with Crippen LogP contribution in [0.2, 0.25) is 0 Å². The first-order valence-corrected chi connectivity index (χ1v) is 13.6. The maximum Gasteiger partial charge on any atom is 0.207 e. The number of sulfone groups is 1. The van der Waals surface area contributed by atoms with Crippen LogP contribution in [0, 0.1) is 0 Å². The Balaban J connectivity index is 1.71. The van der Waals surface area contributed by atoms with Crippen molar-refractivity contribution in [2.45, 2.75) is 9.79 Å². The van der Waals surface area contributed by atoms with Crippen LogP contribution in [0.1, 0.15) is 0 Å². The maximum absolute atomic E-state index is 14.6. The molecule has 7 heteroatoms. The van der Waals surface area contributed by atoms with Gasteiger partial charge in [0.05, 0.1) is 9.79 Å². The van der Waals surface area contributed by atoms with Crippen molar-refractivity contribution in [3.8, 4) is 45.3 Å². The fourth-order valence-corrected chi connectivity index (χ4v) is 6.75. The van der Waals surface area contributed by atoms with Crippen molar-refractivity contribution in [2.24, 2.45) is 0 Å². The number of hydrogen-bond donors (Lipinski definition) is 4. The Bertz CT molecular complexity index is 1890. The van der Waals surface area contributed by atoms with Gasteiger partial charge in [0.2, 0.25) is 9.84 Å². The molecule has 39 heavy (non-hydrogen) atoms. The lowest BCUT2D eigenvalue weighted by Gasteiger charge is -2.18. The zero-order chi connectivity index (χ0) is 27.3. The van der Waals surface area contributed by atoms with Crippen molar-refractivity contribution >= 4 is 31.4 Å². The molecule has 0 aliphatic heterocycles. The molecule has 6 nitrogen and oxygen atoms in total. The normalized spacial score (nSPS) is 11.7. The lowest BCUT2D eigenvalue weighted by molar-refractivity contribution is 0.404. The third-order valence-corrected chi connectivity index (χ3v) is 8.73. The van der Waals surface area contributed by atoms with Gasteiger partial charge < -0.3 is 20.4 Å². The molecule has 0 amide bonds. The fourth-order valence-electron chi connectivity index (χ4n) is 5.02. The van der Waals surface area contributed by atoms with Crippen molar-refractivity contribution < 1.29 is 28.8 Å². The summed E-state index contributed by atoms with van der Waals surface area (Å²) < 4.78 is 29.2. The summed E-state index contributed by atoms with van der Waals surface area (Å²) in [4.78, 5) is 0.0386. The van der Waals surface area contributed by atoms with Gasteiger partial charge in [0, 0.05) is 11.1 Å². The van der Waals surface area contributed by atoms with Gasteiger partial charge in [-0.05, 0) is 69.1 Å². The summed E-state index contributed by atoms with van der Waals surface area (Å²) in [5.74, 6) is -1.36. The van der Waals surface area contributed by atoms with E-state index in [0.717, 1.165) is 10.8 Å². The SMILES string of the molecule is O=S(=O)(c1ccc2ccccc2c1-c1ccc(O)c(O)c1)c1ccc2ccccc2c1-c1ccc(O)c(O)c1. The topological polar surface area (TPSA) is 115 Å². The van der Waals surface area contributed by atoms with Gasteiger partial charge in [-0.25, -0.2) is 8.42 Å². The van der Waals surface area contributed by atoms with Crippen molar-refractivity contribution in [3.63, 3.8) is 0 Å². The van der Waals surface area contributed by atoms with E-state index in [1.54, 1.807) is 36.4 Å². The van der Waals surface area contributed by atoms with Crippen LogP contribution in [0.3, 0.4) is 0 Å². The van der Waals surface area contributed by atoms with E-state index in [0.29, 0.717) is 33.0 Å². The monoisotopic (exact) mass is 534 g/mol. The van der Waals surface area contributed by atoms with Crippen molar-refractivity contribution in [1.82, 2.24) is 0 Å². The summed E-state index contributed by atoms with van der Waals surface area (Å²) in [5, 5.41) is 43.3. The summed E-state index contributed by atoms with van der Waals surface area (Å²) in [6.45, 7) is 0.